The number of esters is 1. The SMILES string of the molecule is CCOC(=O)C=CCC=O. The van der Waals surface area contributed by atoms with Gasteiger partial charge < -0.3 is 9.53 Å². The van der Waals surface area contributed by atoms with E-state index in [-0.39, 0.29) is 6.42 Å². The predicted molar refractivity (Wildman–Crippen MR) is 36.5 cm³/mol. The molecule has 0 saturated carbocycles. The second-order valence-corrected chi connectivity index (χ2v) is 1.56. The summed E-state index contributed by atoms with van der Waals surface area (Å²) in [6.45, 7) is 2.09. The van der Waals surface area contributed by atoms with Crippen LogP contribution in [0.15, 0.2) is 12.2 Å². The third kappa shape index (κ3) is 5.03. The van der Waals surface area contributed by atoms with E-state index in [0.29, 0.717) is 6.61 Å². The summed E-state index contributed by atoms with van der Waals surface area (Å²) >= 11 is 0. The number of carbonyl (C=O) groups excluding carboxylic acids is 2. The molecule has 56 valence electrons. The summed E-state index contributed by atoms with van der Waals surface area (Å²) in [6, 6.07) is 0. The van der Waals surface area contributed by atoms with E-state index in [1.807, 2.05) is 0 Å². The van der Waals surface area contributed by atoms with Gasteiger partial charge in [0, 0.05) is 12.5 Å². The molecular weight excluding hydrogens is 132 g/mol. The number of hydrogen-bond donors (Lipinski definition) is 0. The first kappa shape index (κ1) is 8.88. The molecule has 0 aromatic rings. The Morgan fingerprint density at radius 1 is 1.60 bits per heavy atom. The molecular formula is C7H10O3. The minimum atomic E-state index is -0.399. The number of carbonyl (C=O) groups is 2. The van der Waals surface area contributed by atoms with E-state index in [4.69, 9.17) is 0 Å². The van der Waals surface area contributed by atoms with Gasteiger partial charge in [-0.25, -0.2) is 4.79 Å². The fourth-order valence-corrected chi connectivity index (χ4v) is 0.410. The number of aldehydes is 1. The quantitative estimate of drug-likeness (QED) is 0.329. The van der Waals surface area contributed by atoms with Gasteiger partial charge in [0.25, 0.3) is 0 Å². The fourth-order valence-electron chi connectivity index (χ4n) is 0.410. The molecule has 0 aromatic heterocycles. The zero-order valence-electron chi connectivity index (χ0n) is 5.87. The van der Waals surface area contributed by atoms with Gasteiger partial charge in [0.1, 0.15) is 6.29 Å². The van der Waals surface area contributed by atoms with E-state index in [2.05, 4.69) is 4.74 Å². The Hall–Kier alpha value is -1.12. The van der Waals surface area contributed by atoms with Gasteiger partial charge in [-0.05, 0) is 6.92 Å². The lowest BCUT2D eigenvalue weighted by atomic mass is 10.4. The van der Waals surface area contributed by atoms with E-state index in [9.17, 15) is 9.59 Å². The molecule has 0 fully saturated rings. The van der Waals surface area contributed by atoms with Crippen molar-refractivity contribution in [2.24, 2.45) is 0 Å². The Balaban J connectivity index is 3.45. The van der Waals surface area contributed by atoms with Crippen LogP contribution in [0.4, 0.5) is 0 Å². The standard InChI is InChI=1S/C7H10O3/c1-2-10-7(9)5-3-4-6-8/h3,5-6H,2,4H2,1H3. The minimum absolute atomic E-state index is 0.263. The Morgan fingerprint density at radius 3 is 2.80 bits per heavy atom. The molecule has 0 bridgehead atoms. The minimum Gasteiger partial charge on any atom is -0.463 e. The molecule has 0 amide bonds. The predicted octanol–water partition coefficient (Wildman–Crippen LogP) is 0.695. The maximum absolute atomic E-state index is 10.5. The monoisotopic (exact) mass is 142 g/mol. The molecule has 0 radical (unpaired) electrons. The Morgan fingerprint density at radius 2 is 2.30 bits per heavy atom. The van der Waals surface area contributed by atoms with Crippen LogP contribution in [-0.2, 0) is 14.3 Å². The van der Waals surface area contributed by atoms with Crippen LogP contribution in [0, 0.1) is 0 Å². The summed E-state index contributed by atoms with van der Waals surface area (Å²) in [5.41, 5.74) is 0. The van der Waals surface area contributed by atoms with E-state index < -0.39 is 5.97 Å². The molecule has 0 aliphatic heterocycles. The highest BCUT2D eigenvalue weighted by Gasteiger charge is 1.90. The summed E-state index contributed by atoms with van der Waals surface area (Å²) in [7, 11) is 0. The molecule has 0 saturated heterocycles. The van der Waals surface area contributed by atoms with Crippen molar-refractivity contribution < 1.29 is 14.3 Å². The second-order valence-electron chi connectivity index (χ2n) is 1.56. The van der Waals surface area contributed by atoms with Crippen LogP contribution < -0.4 is 0 Å². The van der Waals surface area contributed by atoms with Gasteiger partial charge in [-0.2, -0.15) is 0 Å². The first-order chi connectivity index (χ1) is 4.81. The summed E-state index contributed by atoms with van der Waals surface area (Å²) in [5, 5.41) is 0. The van der Waals surface area contributed by atoms with Gasteiger partial charge in [0.05, 0.1) is 6.61 Å². The van der Waals surface area contributed by atoms with Gasteiger partial charge >= 0.3 is 5.97 Å². The molecule has 0 aliphatic carbocycles. The molecule has 0 aliphatic rings. The number of hydrogen-bond acceptors (Lipinski definition) is 3. The lowest BCUT2D eigenvalue weighted by molar-refractivity contribution is -0.137. The van der Waals surface area contributed by atoms with Gasteiger partial charge in [0.2, 0.25) is 0 Å². The van der Waals surface area contributed by atoms with Crippen molar-refractivity contribution in [2.75, 3.05) is 6.61 Å². The third-order valence-electron chi connectivity index (χ3n) is 0.773. The summed E-state index contributed by atoms with van der Waals surface area (Å²) in [4.78, 5) is 20.2. The first-order valence-electron chi connectivity index (χ1n) is 3.08. The Kier molecular flexibility index (Phi) is 5.33. The maximum atomic E-state index is 10.5. The molecule has 0 heterocycles. The number of rotatable bonds is 4. The van der Waals surface area contributed by atoms with Crippen LogP contribution in [-0.4, -0.2) is 18.9 Å². The molecule has 0 rings (SSSR count). The van der Waals surface area contributed by atoms with E-state index in [1.165, 1.54) is 12.2 Å². The molecule has 3 heteroatoms. The molecule has 0 unspecified atom stereocenters. The van der Waals surface area contributed by atoms with E-state index >= 15 is 0 Å². The highest BCUT2D eigenvalue weighted by Crippen LogP contribution is 1.82. The summed E-state index contributed by atoms with van der Waals surface area (Å²) in [6.07, 6.45) is 3.69. The fraction of sp³-hybridized carbons (Fsp3) is 0.429. The molecule has 0 N–H and O–H groups in total. The second kappa shape index (κ2) is 6.01. The van der Waals surface area contributed by atoms with Crippen molar-refractivity contribution in [1.29, 1.82) is 0 Å². The largest absolute Gasteiger partial charge is 0.463 e. The van der Waals surface area contributed by atoms with Crippen LogP contribution in [0.3, 0.4) is 0 Å². The van der Waals surface area contributed by atoms with Crippen LogP contribution in [0.1, 0.15) is 13.3 Å². The van der Waals surface area contributed by atoms with E-state index in [1.54, 1.807) is 6.92 Å². The average molecular weight is 142 g/mol. The van der Waals surface area contributed by atoms with E-state index in [0.717, 1.165) is 6.29 Å². The van der Waals surface area contributed by atoms with Crippen LogP contribution in [0.5, 0.6) is 0 Å². The molecule has 3 nitrogen and oxygen atoms in total. The van der Waals surface area contributed by atoms with Crippen molar-refractivity contribution in [3.63, 3.8) is 0 Å². The average Bonchev–Trinajstić information content (AvgIpc) is 1.89. The van der Waals surface area contributed by atoms with Gasteiger partial charge in [-0.3, -0.25) is 0 Å². The van der Waals surface area contributed by atoms with Gasteiger partial charge in [-0.1, -0.05) is 6.08 Å². The van der Waals surface area contributed by atoms with Gasteiger partial charge in [-0.15, -0.1) is 0 Å². The van der Waals surface area contributed by atoms with Crippen molar-refractivity contribution in [3.05, 3.63) is 12.2 Å². The highest BCUT2D eigenvalue weighted by molar-refractivity contribution is 5.82. The zero-order valence-corrected chi connectivity index (χ0v) is 5.87. The Labute approximate surface area is 59.7 Å². The van der Waals surface area contributed by atoms with Crippen molar-refractivity contribution >= 4 is 12.3 Å². The van der Waals surface area contributed by atoms with Crippen LogP contribution in [0.2, 0.25) is 0 Å². The Bertz CT molecular complexity index is 138. The summed E-state index contributed by atoms with van der Waals surface area (Å²) in [5.74, 6) is -0.399. The summed E-state index contributed by atoms with van der Waals surface area (Å²) < 4.78 is 4.55. The van der Waals surface area contributed by atoms with Crippen molar-refractivity contribution in [1.82, 2.24) is 0 Å². The van der Waals surface area contributed by atoms with Crippen LogP contribution in [0.25, 0.3) is 0 Å². The molecule has 0 aromatic carbocycles. The van der Waals surface area contributed by atoms with Gasteiger partial charge in [0.15, 0.2) is 0 Å². The van der Waals surface area contributed by atoms with Crippen molar-refractivity contribution in [2.45, 2.75) is 13.3 Å². The smallest absolute Gasteiger partial charge is 0.330 e. The third-order valence-corrected chi connectivity index (χ3v) is 0.773. The zero-order chi connectivity index (χ0) is 7.82. The normalized spacial score (nSPS) is 9.70. The van der Waals surface area contributed by atoms with Crippen molar-refractivity contribution in [3.8, 4) is 0 Å². The molecule has 10 heavy (non-hydrogen) atoms. The topological polar surface area (TPSA) is 43.4 Å². The molecule has 0 atom stereocenters. The number of allylic oxidation sites excluding steroid dienone is 1. The van der Waals surface area contributed by atoms with Crippen LogP contribution >= 0.6 is 0 Å². The first-order valence-corrected chi connectivity index (χ1v) is 3.08. The molecule has 0 spiro atoms. The maximum Gasteiger partial charge on any atom is 0.330 e. The number of ether oxygens (including phenoxy) is 1. The lowest BCUT2D eigenvalue weighted by Crippen LogP contribution is -1.98. The lowest BCUT2D eigenvalue weighted by Gasteiger charge is -1.92. The highest BCUT2D eigenvalue weighted by atomic mass is 16.5.